The zero-order chi connectivity index (χ0) is 14.7. The largest absolute Gasteiger partial charge is 0.443 e. The maximum Gasteiger partial charge on any atom is 0.311 e. The van der Waals surface area contributed by atoms with Crippen LogP contribution in [0.2, 0.25) is 0 Å². The summed E-state index contributed by atoms with van der Waals surface area (Å²) in [4.78, 5) is 19.6. The van der Waals surface area contributed by atoms with Crippen LogP contribution in [0, 0.1) is 10.1 Å². The molecule has 0 saturated carbocycles. The Morgan fingerprint density at radius 3 is 3.05 bits per heavy atom. The van der Waals surface area contributed by atoms with Crippen LogP contribution in [0.15, 0.2) is 46.5 Å². The topological polar surface area (TPSA) is 94.1 Å². The lowest BCUT2D eigenvalue weighted by Gasteiger charge is -2.02. The van der Waals surface area contributed by atoms with Gasteiger partial charge >= 0.3 is 5.69 Å². The van der Waals surface area contributed by atoms with Crippen LogP contribution >= 0.6 is 11.3 Å². The number of nitrogens with zero attached hydrogens (tertiary/aromatic N) is 3. The van der Waals surface area contributed by atoms with Gasteiger partial charge in [0.2, 0.25) is 11.7 Å². The number of nitro groups is 1. The molecule has 0 fully saturated rings. The zero-order valence-corrected chi connectivity index (χ0v) is 11.5. The highest BCUT2D eigenvalue weighted by Crippen LogP contribution is 2.24. The van der Waals surface area contributed by atoms with Crippen LogP contribution in [0.25, 0.3) is 10.8 Å². The van der Waals surface area contributed by atoms with Gasteiger partial charge in [-0.3, -0.25) is 10.1 Å². The summed E-state index contributed by atoms with van der Waals surface area (Å²) in [5.74, 6) is 0.750. The van der Waals surface area contributed by atoms with Gasteiger partial charge in [0.05, 0.1) is 22.0 Å². The fraction of sp³-hybridized carbons (Fsp3) is 0.0769. The molecule has 3 heterocycles. The molecule has 0 spiro atoms. The highest BCUT2D eigenvalue weighted by Gasteiger charge is 2.14. The Bertz CT molecular complexity index is 754. The molecule has 3 rings (SSSR count). The predicted octanol–water partition coefficient (Wildman–Crippen LogP) is 3.32. The fourth-order valence-electron chi connectivity index (χ4n) is 1.76. The van der Waals surface area contributed by atoms with Crippen molar-refractivity contribution in [2.45, 2.75) is 6.54 Å². The van der Waals surface area contributed by atoms with Crippen LogP contribution < -0.4 is 5.32 Å². The molecule has 0 aromatic carbocycles. The van der Waals surface area contributed by atoms with Gasteiger partial charge in [-0.1, -0.05) is 6.07 Å². The van der Waals surface area contributed by atoms with Crippen molar-refractivity contribution in [1.29, 1.82) is 0 Å². The molecule has 8 heteroatoms. The summed E-state index contributed by atoms with van der Waals surface area (Å²) in [5, 5.41) is 15.7. The molecule has 21 heavy (non-hydrogen) atoms. The van der Waals surface area contributed by atoms with Gasteiger partial charge in [-0.2, -0.15) is 0 Å². The Morgan fingerprint density at radius 1 is 1.38 bits per heavy atom. The van der Waals surface area contributed by atoms with Gasteiger partial charge in [0.1, 0.15) is 6.26 Å². The standard InChI is InChI=1S/C13H10N4O3S/c18-17(19)10-3-1-5-14-12(10)15-7-9-8-20-13(16-9)11-4-2-6-21-11/h1-6,8H,7H2,(H,14,15). The van der Waals surface area contributed by atoms with E-state index in [0.29, 0.717) is 18.1 Å². The van der Waals surface area contributed by atoms with E-state index in [1.54, 1.807) is 0 Å². The first-order valence-electron chi connectivity index (χ1n) is 6.05. The number of anilines is 1. The molecule has 3 aromatic heterocycles. The van der Waals surface area contributed by atoms with E-state index in [1.165, 1.54) is 35.9 Å². The third kappa shape index (κ3) is 2.90. The molecule has 3 aromatic rings. The van der Waals surface area contributed by atoms with Crippen molar-refractivity contribution in [3.05, 3.63) is 57.9 Å². The Labute approximate surface area is 123 Å². The third-order valence-electron chi connectivity index (χ3n) is 2.70. The number of pyridine rings is 1. The van der Waals surface area contributed by atoms with Gasteiger partial charge in [0, 0.05) is 12.3 Å². The molecule has 0 radical (unpaired) electrons. The number of nitrogens with one attached hydrogen (secondary N) is 1. The van der Waals surface area contributed by atoms with Crippen molar-refractivity contribution in [2.75, 3.05) is 5.32 Å². The lowest BCUT2D eigenvalue weighted by Crippen LogP contribution is -2.04. The van der Waals surface area contributed by atoms with E-state index in [2.05, 4.69) is 15.3 Å². The molecule has 0 aliphatic rings. The number of rotatable bonds is 5. The predicted molar refractivity (Wildman–Crippen MR) is 78.0 cm³/mol. The molecule has 0 unspecified atom stereocenters. The number of oxazole rings is 1. The number of thiophene rings is 1. The minimum Gasteiger partial charge on any atom is -0.443 e. The van der Waals surface area contributed by atoms with Crippen molar-refractivity contribution in [1.82, 2.24) is 9.97 Å². The SMILES string of the molecule is O=[N+]([O-])c1cccnc1NCc1coc(-c2cccs2)n1. The Hall–Kier alpha value is -2.74. The Balaban J connectivity index is 1.73. The van der Waals surface area contributed by atoms with Gasteiger partial charge in [-0.25, -0.2) is 9.97 Å². The summed E-state index contributed by atoms with van der Waals surface area (Å²) in [6.45, 7) is 0.298. The lowest BCUT2D eigenvalue weighted by molar-refractivity contribution is -0.384. The van der Waals surface area contributed by atoms with Crippen molar-refractivity contribution >= 4 is 22.8 Å². The second-order valence-corrected chi connectivity index (χ2v) is 5.05. The van der Waals surface area contributed by atoms with Gasteiger partial charge in [0.25, 0.3) is 0 Å². The molecule has 0 saturated heterocycles. The zero-order valence-electron chi connectivity index (χ0n) is 10.7. The van der Waals surface area contributed by atoms with E-state index in [4.69, 9.17) is 4.42 Å². The molecular weight excluding hydrogens is 292 g/mol. The first kappa shape index (κ1) is 13.3. The Morgan fingerprint density at radius 2 is 2.29 bits per heavy atom. The summed E-state index contributed by atoms with van der Waals surface area (Å²) in [5.41, 5.74) is 0.581. The lowest BCUT2D eigenvalue weighted by atomic mass is 10.4. The molecule has 0 bridgehead atoms. The summed E-state index contributed by atoms with van der Waals surface area (Å²) in [6.07, 6.45) is 3.02. The molecule has 0 aliphatic heterocycles. The molecule has 0 atom stereocenters. The summed E-state index contributed by atoms with van der Waals surface area (Å²) >= 11 is 1.53. The van der Waals surface area contributed by atoms with Gasteiger partial charge in [-0.15, -0.1) is 11.3 Å². The summed E-state index contributed by atoms with van der Waals surface area (Å²) in [6, 6.07) is 6.75. The van der Waals surface area contributed by atoms with Crippen molar-refractivity contribution in [3.8, 4) is 10.8 Å². The smallest absolute Gasteiger partial charge is 0.311 e. The maximum absolute atomic E-state index is 10.9. The van der Waals surface area contributed by atoms with Crippen LogP contribution in [0.4, 0.5) is 11.5 Å². The molecule has 106 valence electrons. The first-order valence-corrected chi connectivity index (χ1v) is 6.93. The average Bonchev–Trinajstić information content (AvgIpc) is 3.16. The summed E-state index contributed by atoms with van der Waals surface area (Å²) in [7, 11) is 0. The highest BCUT2D eigenvalue weighted by molar-refractivity contribution is 7.13. The number of aromatic nitrogens is 2. The minimum atomic E-state index is -0.477. The van der Waals surface area contributed by atoms with Crippen LogP contribution in [0.3, 0.4) is 0 Å². The molecule has 0 aliphatic carbocycles. The van der Waals surface area contributed by atoms with Crippen LogP contribution in [-0.2, 0) is 6.54 Å². The minimum absolute atomic E-state index is 0.0699. The van der Waals surface area contributed by atoms with Gasteiger partial charge in [0.15, 0.2) is 0 Å². The van der Waals surface area contributed by atoms with E-state index >= 15 is 0 Å². The second kappa shape index (κ2) is 5.71. The van der Waals surface area contributed by atoms with E-state index < -0.39 is 4.92 Å². The number of hydrogen-bond donors (Lipinski definition) is 1. The van der Waals surface area contributed by atoms with E-state index in [0.717, 1.165) is 4.88 Å². The maximum atomic E-state index is 10.9. The quantitative estimate of drug-likeness (QED) is 0.574. The third-order valence-corrected chi connectivity index (χ3v) is 3.56. The molecule has 0 amide bonds. The molecular formula is C13H10N4O3S. The highest BCUT2D eigenvalue weighted by atomic mass is 32.1. The van der Waals surface area contributed by atoms with Crippen LogP contribution in [-0.4, -0.2) is 14.9 Å². The van der Waals surface area contributed by atoms with Gasteiger partial charge < -0.3 is 9.73 Å². The fourth-order valence-corrected chi connectivity index (χ4v) is 2.41. The van der Waals surface area contributed by atoms with E-state index in [9.17, 15) is 10.1 Å². The van der Waals surface area contributed by atoms with Crippen LogP contribution in [0.1, 0.15) is 5.69 Å². The van der Waals surface area contributed by atoms with Gasteiger partial charge in [-0.05, 0) is 17.5 Å². The van der Waals surface area contributed by atoms with Crippen LogP contribution in [0.5, 0.6) is 0 Å². The van der Waals surface area contributed by atoms with Crippen molar-refractivity contribution < 1.29 is 9.34 Å². The van der Waals surface area contributed by atoms with E-state index in [1.807, 2.05) is 17.5 Å². The molecule has 1 N–H and O–H groups in total. The molecule has 7 nitrogen and oxygen atoms in total. The van der Waals surface area contributed by atoms with Crippen molar-refractivity contribution in [3.63, 3.8) is 0 Å². The second-order valence-electron chi connectivity index (χ2n) is 4.10. The average molecular weight is 302 g/mol. The number of hydrogen-bond acceptors (Lipinski definition) is 7. The van der Waals surface area contributed by atoms with E-state index in [-0.39, 0.29) is 11.5 Å². The normalized spacial score (nSPS) is 10.5. The van der Waals surface area contributed by atoms with Crippen molar-refractivity contribution in [2.24, 2.45) is 0 Å². The summed E-state index contributed by atoms with van der Waals surface area (Å²) < 4.78 is 5.38. The Kier molecular flexibility index (Phi) is 3.61. The first-order chi connectivity index (χ1) is 10.2. The monoisotopic (exact) mass is 302 g/mol.